The molecule has 21 heavy (non-hydrogen) atoms. The summed E-state index contributed by atoms with van der Waals surface area (Å²) in [6.45, 7) is 2.40. The van der Waals surface area contributed by atoms with E-state index in [0.717, 1.165) is 5.69 Å². The molecule has 2 aromatic rings. The highest BCUT2D eigenvalue weighted by molar-refractivity contribution is 6.33. The lowest BCUT2D eigenvalue weighted by Gasteiger charge is -2.21. The summed E-state index contributed by atoms with van der Waals surface area (Å²) < 4.78 is 5.25. The molecule has 0 spiro atoms. The minimum atomic E-state index is -0.265. The van der Waals surface area contributed by atoms with Crippen LogP contribution in [-0.2, 0) is 6.54 Å². The van der Waals surface area contributed by atoms with Crippen LogP contribution in [0.15, 0.2) is 35.1 Å². The van der Waals surface area contributed by atoms with Crippen molar-refractivity contribution in [2.45, 2.75) is 19.9 Å². The molecular formula is C15H14ClN3O2. The smallest absolute Gasteiger partial charge is 0.257 e. The number of carbonyl (C=O) groups excluding carboxylic acids is 1. The average molecular weight is 304 g/mol. The largest absolute Gasteiger partial charge is 0.467 e. The van der Waals surface area contributed by atoms with Crippen molar-refractivity contribution in [1.82, 2.24) is 9.88 Å². The third-order valence-corrected chi connectivity index (χ3v) is 3.24. The highest BCUT2D eigenvalue weighted by atomic mass is 35.5. The fourth-order valence-corrected chi connectivity index (χ4v) is 2.17. The summed E-state index contributed by atoms with van der Waals surface area (Å²) in [4.78, 5) is 18.2. The summed E-state index contributed by atoms with van der Waals surface area (Å²) in [6, 6.07) is 7.21. The van der Waals surface area contributed by atoms with Crippen molar-refractivity contribution in [3.8, 4) is 6.07 Å². The number of pyridine rings is 1. The van der Waals surface area contributed by atoms with Crippen molar-refractivity contribution in [1.29, 1.82) is 5.26 Å². The first kappa shape index (κ1) is 15.1. The zero-order valence-corrected chi connectivity index (χ0v) is 12.3. The average Bonchev–Trinajstić information content (AvgIpc) is 2.95. The molecule has 1 amide bonds. The molecule has 0 bridgehead atoms. The van der Waals surface area contributed by atoms with Gasteiger partial charge in [-0.15, -0.1) is 0 Å². The van der Waals surface area contributed by atoms with E-state index in [1.807, 2.05) is 6.07 Å². The maximum atomic E-state index is 12.6. The lowest BCUT2D eigenvalue weighted by molar-refractivity contribution is 0.0735. The molecule has 0 aliphatic heterocycles. The van der Waals surface area contributed by atoms with E-state index in [2.05, 4.69) is 4.98 Å². The van der Waals surface area contributed by atoms with Gasteiger partial charge in [0.2, 0.25) is 0 Å². The van der Waals surface area contributed by atoms with Gasteiger partial charge in [-0.05, 0) is 25.1 Å². The van der Waals surface area contributed by atoms with Crippen LogP contribution in [-0.4, -0.2) is 22.3 Å². The summed E-state index contributed by atoms with van der Waals surface area (Å²) in [5.74, 6) is 0.386. The van der Waals surface area contributed by atoms with Crippen LogP contribution in [0.2, 0.25) is 5.02 Å². The van der Waals surface area contributed by atoms with E-state index >= 15 is 0 Å². The third-order valence-electron chi connectivity index (χ3n) is 2.93. The SMILES string of the molecule is Cc1cc(Cl)c(C(=O)N(CCC#N)Cc2ccco2)cn1. The van der Waals surface area contributed by atoms with Gasteiger partial charge in [0.25, 0.3) is 5.91 Å². The molecule has 0 N–H and O–H groups in total. The maximum Gasteiger partial charge on any atom is 0.257 e. The minimum Gasteiger partial charge on any atom is -0.467 e. The molecule has 0 saturated carbocycles. The Morgan fingerprint density at radius 2 is 2.38 bits per heavy atom. The maximum absolute atomic E-state index is 12.6. The number of nitriles is 1. The van der Waals surface area contributed by atoms with E-state index in [-0.39, 0.29) is 18.9 Å². The Hall–Kier alpha value is -2.32. The summed E-state index contributed by atoms with van der Waals surface area (Å²) in [5.41, 5.74) is 1.07. The lowest BCUT2D eigenvalue weighted by atomic mass is 10.2. The van der Waals surface area contributed by atoms with Crippen molar-refractivity contribution in [2.75, 3.05) is 6.54 Å². The number of nitrogens with zero attached hydrogens (tertiary/aromatic N) is 3. The van der Waals surface area contributed by atoms with Gasteiger partial charge < -0.3 is 9.32 Å². The zero-order valence-electron chi connectivity index (χ0n) is 11.5. The molecule has 5 nitrogen and oxygen atoms in total. The molecule has 2 rings (SSSR count). The van der Waals surface area contributed by atoms with E-state index in [1.165, 1.54) is 11.1 Å². The number of aryl methyl sites for hydroxylation is 1. The van der Waals surface area contributed by atoms with Crippen LogP contribution in [0.25, 0.3) is 0 Å². The highest BCUT2D eigenvalue weighted by Crippen LogP contribution is 2.19. The van der Waals surface area contributed by atoms with Gasteiger partial charge in [0.1, 0.15) is 5.76 Å². The van der Waals surface area contributed by atoms with Gasteiger partial charge in [0.05, 0.1) is 35.9 Å². The number of hydrogen-bond acceptors (Lipinski definition) is 4. The van der Waals surface area contributed by atoms with Gasteiger partial charge in [-0.3, -0.25) is 9.78 Å². The predicted octanol–water partition coefficient (Wildman–Crippen LogP) is 3.19. The van der Waals surface area contributed by atoms with E-state index in [1.54, 1.807) is 31.4 Å². The van der Waals surface area contributed by atoms with Crippen molar-refractivity contribution >= 4 is 17.5 Å². The molecular weight excluding hydrogens is 290 g/mol. The van der Waals surface area contributed by atoms with Gasteiger partial charge >= 0.3 is 0 Å². The summed E-state index contributed by atoms with van der Waals surface area (Å²) in [7, 11) is 0. The number of halogens is 1. The topological polar surface area (TPSA) is 70.1 Å². The Morgan fingerprint density at radius 1 is 1.57 bits per heavy atom. The van der Waals surface area contributed by atoms with E-state index in [4.69, 9.17) is 21.3 Å². The standard InChI is InChI=1S/C15H14ClN3O2/c1-11-8-14(16)13(9-18-11)15(20)19(6-3-5-17)10-12-4-2-7-21-12/h2,4,7-9H,3,6,10H2,1H3. The number of aromatic nitrogens is 1. The third kappa shape index (κ3) is 3.83. The summed E-state index contributed by atoms with van der Waals surface area (Å²) in [5, 5.41) is 9.09. The van der Waals surface area contributed by atoms with Gasteiger partial charge in [-0.25, -0.2) is 0 Å². The Labute approximate surface area is 127 Å². The van der Waals surface area contributed by atoms with Crippen molar-refractivity contribution in [3.05, 3.63) is 52.7 Å². The van der Waals surface area contributed by atoms with E-state index in [9.17, 15) is 4.79 Å². The molecule has 0 aliphatic carbocycles. The molecule has 0 aliphatic rings. The fraction of sp³-hybridized carbons (Fsp3) is 0.267. The van der Waals surface area contributed by atoms with Crippen molar-refractivity contribution in [3.63, 3.8) is 0 Å². The second-order valence-electron chi connectivity index (χ2n) is 4.52. The normalized spacial score (nSPS) is 10.1. The van der Waals surface area contributed by atoms with Crippen LogP contribution in [0, 0.1) is 18.3 Å². The number of rotatable bonds is 5. The van der Waals surface area contributed by atoms with Crippen LogP contribution in [0.4, 0.5) is 0 Å². The lowest BCUT2D eigenvalue weighted by Crippen LogP contribution is -2.31. The molecule has 108 valence electrons. The molecule has 0 unspecified atom stereocenters. The summed E-state index contributed by atoms with van der Waals surface area (Å²) >= 11 is 6.11. The van der Waals surface area contributed by atoms with Crippen LogP contribution >= 0.6 is 11.6 Å². The molecule has 6 heteroatoms. The van der Waals surface area contributed by atoms with Gasteiger partial charge in [0.15, 0.2) is 0 Å². The fourth-order valence-electron chi connectivity index (χ4n) is 1.88. The highest BCUT2D eigenvalue weighted by Gasteiger charge is 2.20. The van der Waals surface area contributed by atoms with Crippen molar-refractivity contribution in [2.24, 2.45) is 0 Å². The van der Waals surface area contributed by atoms with E-state index in [0.29, 0.717) is 22.9 Å². The molecule has 0 atom stereocenters. The molecule has 2 heterocycles. The first-order chi connectivity index (χ1) is 10.1. The first-order valence-corrected chi connectivity index (χ1v) is 6.80. The predicted molar refractivity (Wildman–Crippen MR) is 77.7 cm³/mol. The van der Waals surface area contributed by atoms with Gasteiger partial charge in [0, 0.05) is 18.4 Å². The monoisotopic (exact) mass is 303 g/mol. The number of amides is 1. The Bertz CT molecular complexity index is 662. The van der Waals surface area contributed by atoms with E-state index < -0.39 is 0 Å². The first-order valence-electron chi connectivity index (χ1n) is 6.42. The van der Waals surface area contributed by atoms with Crippen LogP contribution in [0.5, 0.6) is 0 Å². The van der Waals surface area contributed by atoms with Crippen LogP contribution in [0.1, 0.15) is 28.2 Å². The van der Waals surface area contributed by atoms with Crippen LogP contribution in [0.3, 0.4) is 0 Å². The Balaban J connectivity index is 2.22. The number of hydrogen-bond donors (Lipinski definition) is 0. The van der Waals surface area contributed by atoms with Crippen molar-refractivity contribution < 1.29 is 9.21 Å². The Kier molecular flexibility index (Phi) is 4.96. The number of carbonyl (C=O) groups is 1. The summed E-state index contributed by atoms with van der Waals surface area (Å²) in [6.07, 6.45) is 3.24. The minimum absolute atomic E-state index is 0.239. The molecule has 2 aromatic heterocycles. The van der Waals surface area contributed by atoms with Gasteiger partial charge in [-0.1, -0.05) is 11.6 Å². The molecule has 0 radical (unpaired) electrons. The molecule has 0 fully saturated rings. The molecule has 0 aromatic carbocycles. The van der Waals surface area contributed by atoms with Crippen LogP contribution < -0.4 is 0 Å². The second-order valence-corrected chi connectivity index (χ2v) is 4.93. The number of furan rings is 1. The second kappa shape index (κ2) is 6.91. The Morgan fingerprint density at radius 3 is 3.00 bits per heavy atom. The zero-order chi connectivity index (χ0) is 15.2. The van der Waals surface area contributed by atoms with Gasteiger partial charge in [-0.2, -0.15) is 5.26 Å². The quantitative estimate of drug-likeness (QED) is 0.850. The molecule has 0 saturated heterocycles.